The summed E-state index contributed by atoms with van der Waals surface area (Å²) in [6.45, 7) is 2.50. The Hall–Kier alpha value is -3.81. The summed E-state index contributed by atoms with van der Waals surface area (Å²) in [5.74, 6) is -2.80. The number of rotatable bonds is 7. The van der Waals surface area contributed by atoms with Gasteiger partial charge in [0.1, 0.15) is 40.4 Å². The summed E-state index contributed by atoms with van der Waals surface area (Å²) in [6.07, 6.45) is -2.68. The molecule has 0 spiro atoms. The lowest BCUT2D eigenvalue weighted by molar-refractivity contribution is -0.313. The maximum absolute atomic E-state index is 12.7. The van der Waals surface area contributed by atoms with E-state index in [4.69, 9.17) is 13.9 Å². The van der Waals surface area contributed by atoms with Crippen LogP contribution in [0.25, 0.3) is 22.3 Å². The van der Waals surface area contributed by atoms with Crippen molar-refractivity contribution in [3.8, 4) is 22.8 Å². The van der Waals surface area contributed by atoms with Gasteiger partial charge < -0.3 is 33.7 Å². The van der Waals surface area contributed by atoms with Crippen molar-refractivity contribution in [1.82, 2.24) is 0 Å². The molecule has 1 heterocycles. The van der Waals surface area contributed by atoms with Gasteiger partial charge in [-0.05, 0) is 13.8 Å². The summed E-state index contributed by atoms with van der Waals surface area (Å²) in [4.78, 5) is 34.8. The standard InChI is InChI=1S/C21H18O8/c1-11(20(23)24)27-14-8-17(28-12(2)21(25)26)19-15(22)10-16(29-18(19)9-14)13-6-4-3-5-7-13/h3-12H,1-2H3,(H,23,24)(H,25,26)/p-2/t11-,12+/m1/s1. The number of carboxylic acids is 2. The van der Waals surface area contributed by atoms with E-state index in [1.807, 2.05) is 6.07 Å². The van der Waals surface area contributed by atoms with Gasteiger partial charge in [0, 0.05) is 23.8 Å². The summed E-state index contributed by atoms with van der Waals surface area (Å²) < 4.78 is 16.4. The van der Waals surface area contributed by atoms with Crippen LogP contribution in [0.15, 0.2) is 57.7 Å². The van der Waals surface area contributed by atoms with E-state index in [9.17, 15) is 24.6 Å². The maximum Gasteiger partial charge on any atom is 0.197 e. The summed E-state index contributed by atoms with van der Waals surface area (Å²) in [5.41, 5.74) is 0.219. The Balaban J connectivity index is 2.19. The third-order valence-electron chi connectivity index (χ3n) is 4.11. The van der Waals surface area contributed by atoms with Gasteiger partial charge in [-0.25, -0.2) is 0 Å². The van der Waals surface area contributed by atoms with Crippen molar-refractivity contribution in [2.75, 3.05) is 0 Å². The van der Waals surface area contributed by atoms with Crippen LogP contribution in [0.5, 0.6) is 11.5 Å². The molecule has 0 unspecified atom stereocenters. The second kappa shape index (κ2) is 8.05. The van der Waals surface area contributed by atoms with E-state index in [-0.39, 0.29) is 28.2 Å². The lowest BCUT2D eigenvalue weighted by atomic mass is 10.1. The molecular formula is C21H16O8-2. The van der Waals surface area contributed by atoms with Crippen LogP contribution >= 0.6 is 0 Å². The first-order valence-corrected chi connectivity index (χ1v) is 8.68. The van der Waals surface area contributed by atoms with E-state index in [0.29, 0.717) is 5.56 Å². The van der Waals surface area contributed by atoms with Crippen LogP contribution in [-0.4, -0.2) is 24.1 Å². The van der Waals surface area contributed by atoms with E-state index >= 15 is 0 Å². The van der Waals surface area contributed by atoms with Crippen LogP contribution in [0.4, 0.5) is 0 Å². The second-order valence-electron chi connectivity index (χ2n) is 6.29. The number of carbonyl (C=O) groups is 2. The highest BCUT2D eigenvalue weighted by molar-refractivity contribution is 5.87. The van der Waals surface area contributed by atoms with Gasteiger partial charge in [-0.2, -0.15) is 0 Å². The Morgan fingerprint density at radius 1 is 0.931 bits per heavy atom. The topological polar surface area (TPSA) is 129 Å². The molecule has 0 aliphatic carbocycles. The monoisotopic (exact) mass is 396 g/mol. The molecule has 0 saturated heterocycles. The van der Waals surface area contributed by atoms with Crippen LogP contribution in [-0.2, 0) is 9.59 Å². The molecule has 0 aliphatic rings. The van der Waals surface area contributed by atoms with Crippen LogP contribution in [0, 0.1) is 0 Å². The number of benzene rings is 2. The summed E-state index contributed by atoms with van der Waals surface area (Å²) in [7, 11) is 0. The molecule has 2 aromatic carbocycles. The predicted molar refractivity (Wildman–Crippen MR) is 98.1 cm³/mol. The van der Waals surface area contributed by atoms with E-state index < -0.39 is 29.6 Å². The second-order valence-corrected chi connectivity index (χ2v) is 6.29. The quantitative estimate of drug-likeness (QED) is 0.564. The van der Waals surface area contributed by atoms with Gasteiger partial charge in [-0.3, -0.25) is 4.79 Å². The van der Waals surface area contributed by atoms with Gasteiger partial charge in [0.15, 0.2) is 5.43 Å². The van der Waals surface area contributed by atoms with Crippen molar-refractivity contribution < 1.29 is 33.7 Å². The number of carbonyl (C=O) groups excluding carboxylic acids is 2. The van der Waals surface area contributed by atoms with Crippen molar-refractivity contribution in [2.24, 2.45) is 0 Å². The summed E-state index contributed by atoms with van der Waals surface area (Å²) >= 11 is 0. The summed E-state index contributed by atoms with van der Waals surface area (Å²) in [6, 6.07) is 12.7. The lowest BCUT2D eigenvalue weighted by Gasteiger charge is -2.19. The molecule has 1 aromatic heterocycles. The first kappa shape index (κ1) is 19.9. The molecule has 0 saturated carbocycles. The minimum Gasteiger partial charge on any atom is -0.546 e. The zero-order valence-corrected chi connectivity index (χ0v) is 15.5. The highest BCUT2D eigenvalue weighted by Crippen LogP contribution is 2.33. The number of hydrogen-bond acceptors (Lipinski definition) is 8. The van der Waals surface area contributed by atoms with E-state index in [1.165, 1.54) is 32.0 Å². The first-order chi connectivity index (χ1) is 13.8. The van der Waals surface area contributed by atoms with Crippen molar-refractivity contribution in [3.63, 3.8) is 0 Å². The Kier molecular flexibility index (Phi) is 5.54. The Morgan fingerprint density at radius 3 is 2.17 bits per heavy atom. The maximum atomic E-state index is 12.7. The number of ether oxygens (including phenoxy) is 2. The average molecular weight is 396 g/mol. The third kappa shape index (κ3) is 4.37. The van der Waals surface area contributed by atoms with Crippen LogP contribution in [0.3, 0.4) is 0 Å². The molecule has 8 nitrogen and oxygen atoms in total. The number of hydrogen-bond donors (Lipinski definition) is 0. The first-order valence-electron chi connectivity index (χ1n) is 8.68. The average Bonchev–Trinajstić information content (AvgIpc) is 2.67. The van der Waals surface area contributed by atoms with Gasteiger partial charge in [-0.15, -0.1) is 0 Å². The summed E-state index contributed by atoms with van der Waals surface area (Å²) in [5, 5.41) is 22.0. The molecule has 0 bridgehead atoms. The zero-order valence-electron chi connectivity index (χ0n) is 15.5. The highest BCUT2D eigenvalue weighted by atomic mass is 16.5. The minimum absolute atomic E-state index is 0.00288. The smallest absolute Gasteiger partial charge is 0.197 e. The third-order valence-corrected chi connectivity index (χ3v) is 4.11. The van der Waals surface area contributed by atoms with Crippen LogP contribution in [0.2, 0.25) is 0 Å². The molecule has 3 rings (SSSR count). The molecule has 0 N–H and O–H groups in total. The zero-order chi connectivity index (χ0) is 21.1. The van der Waals surface area contributed by atoms with Crippen LogP contribution < -0.4 is 25.1 Å². The van der Waals surface area contributed by atoms with Gasteiger partial charge in [-0.1, -0.05) is 30.3 Å². The van der Waals surface area contributed by atoms with Crippen molar-refractivity contribution in [1.29, 1.82) is 0 Å². The van der Waals surface area contributed by atoms with Crippen molar-refractivity contribution >= 4 is 22.9 Å². The molecule has 0 radical (unpaired) electrons. The van der Waals surface area contributed by atoms with Crippen molar-refractivity contribution in [3.05, 3.63) is 58.8 Å². The number of fused-ring (bicyclic) bond motifs is 1. The van der Waals surface area contributed by atoms with E-state index in [1.54, 1.807) is 24.3 Å². The molecule has 0 amide bonds. The lowest BCUT2D eigenvalue weighted by Crippen LogP contribution is -2.37. The fourth-order valence-corrected chi connectivity index (χ4v) is 2.62. The van der Waals surface area contributed by atoms with Gasteiger partial charge in [0.25, 0.3) is 0 Å². The molecule has 8 heteroatoms. The Morgan fingerprint density at radius 2 is 1.55 bits per heavy atom. The largest absolute Gasteiger partial charge is 0.546 e. The fourth-order valence-electron chi connectivity index (χ4n) is 2.62. The molecule has 150 valence electrons. The molecule has 2 atom stereocenters. The van der Waals surface area contributed by atoms with E-state index in [2.05, 4.69) is 0 Å². The molecule has 29 heavy (non-hydrogen) atoms. The van der Waals surface area contributed by atoms with Gasteiger partial charge in [0.05, 0.1) is 11.9 Å². The van der Waals surface area contributed by atoms with Gasteiger partial charge in [0.2, 0.25) is 0 Å². The molecule has 0 fully saturated rings. The van der Waals surface area contributed by atoms with Crippen molar-refractivity contribution in [2.45, 2.75) is 26.1 Å². The normalized spacial score (nSPS) is 12.9. The Bertz CT molecular complexity index is 1120. The SMILES string of the molecule is C[C@H](Oc1cc(O[C@H](C)C(=O)[O-])cc2oc(-c3ccccc3)cc(=O)c12)C(=O)[O-]. The molecular weight excluding hydrogens is 380 g/mol. The Labute approximate surface area is 164 Å². The minimum atomic E-state index is -1.49. The number of aliphatic carboxylic acids is 2. The highest BCUT2D eigenvalue weighted by Gasteiger charge is 2.18. The van der Waals surface area contributed by atoms with Crippen LogP contribution in [0.1, 0.15) is 13.8 Å². The van der Waals surface area contributed by atoms with E-state index in [0.717, 1.165) is 0 Å². The number of carboxylic acid groups (broad SMARTS) is 2. The predicted octanol–water partition coefficient (Wildman–Crippen LogP) is 0.494. The molecule has 0 aliphatic heterocycles. The van der Waals surface area contributed by atoms with Gasteiger partial charge >= 0.3 is 0 Å². The fraction of sp³-hybridized carbons (Fsp3) is 0.190. The molecule has 3 aromatic rings.